The standard InChI is InChI=1S/C23H27N7O3/c1-9-16-10-15(19-20-18(24-12-25-19)13(2)28-30(20)8)11-17(26-16)27-21(31)14(3)29(7)22(32)33-23(4,5)6/h1,10-12,14H,2-8H3,(H,26,27,31). The van der Waals surface area contributed by atoms with Gasteiger partial charge in [0.2, 0.25) is 5.91 Å². The first-order chi connectivity index (χ1) is 15.4. The molecule has 0 radical (unpaired) electrons. The smallest absolute Gasteiger partial charge is 0.410 e. The molecule has 33 heavy (non-hydrogen) atoms. The van der Waals surface area contributed by atoms with Crippen molar-refractivity contribution in [3.05, 3.63) is 29.8 Å². The minimum atomic E-state index is -0.815. The summed E-state index contributed by atoms with van der Waals surface area (Å²) in [7, 11) is 3.31. The summed E-state index contributed by atoms with van der Waals surface area (Å²) in [5, 5.41) is 7.15. The third kappa shape index (κ3) is 5.09. The average Bonchev–Trinajstić information content (AvgIpc) is 3.04. The minimum absolute atomic E-state index is 0.237. The van der Waals surface area contributed by atoms with Crippen LogP contribution in [0, 0.1) is 19.3 Å². The molecule has 1 unspecified atom stereocenters. The number of anilines is 1. The Bertz CT molecular complexity index is 1270. The number of hydrogen-bond donors (Lipinski definition) is 1. The average molecular weight is 450 g/mol. The number of nitrogens with zero attached hydrogens (tertiary/aromatic N) is 6. The number of rotatable bonds is 4. The number of fused-ring (bicyclic) bond motifs is 1. The van der Waals surface area contributed by atoms with E-state index in [1.807, 2.05) is 14.0 Å². The van der Waals surface area contributed by atoms with Crippen LogP contribution in [-0.4, -0.2) is 60.3 Å². The Kier molecular flexibility index (Phi) is 6.35. The molecule has 0 aliphatic rings. The number of carbonyl (C=O) groups is 2. The summed E-state index contributed by atoms with van der Waals surface area (Å²) in [6.07, 6.45) is 6.46. The van der Waals surface area contributed by atoms with Gasteiger partial charge in [-0.15, -0.1) is 6.42 Å². The second kappa shape index (κ2) is 8.86. The maximum Gasteiger partial charge on any atom is 0.410 e. The quantitative estimate of drug-likeness (QED) is 0.609. The highest BCUT2D eigenvalue weighted by atomic mass is 16.6. The highest BCUT2D eigenvalue weighted by Crippen LogP contribution is 2.28. The van der Waals surface area contributed by atoms with Gasteiger partial charge < -0.3 is 10.1 Å². The first-order valence-corrected chi connectivity index (χ1v) is 10.3. The first-order valence-electron chi connectivity index (χ1n) is 10.3. The Morgan fingerprint density at radius 2 is 1.97 bits per heavy atom. The van der Waals surface area contributed by atoms with Crippen LogP contribution in [-0.2, 0) is 16.6 Å². The molecule has 0 saturated carbocycles. The SMILES string of the molecule is C#Cc1cc(-c2ncnc3c(C)nn(C)c23)cc(NC(=O)C(C)N(C)C(=O)OC(C)(C)C)n1. The zero-order valence-electron chi connectivity index (χ0n) is 19.8. The van der Waals surface area contributed by atoms with Gasteiger partial charge in [-0.25, -0.2) is 19.7 Å². The molecule has 0 aliphatic carbocycles. The zero-order valence-corrected chi connectivity index (χ0v) is 19.8. The van der Waals surface area contributed by atoms with Crippen molar-refractivity contribution in [2.24, 2.45) is 7.05 Å². The lowest BCUT2D eigenvalue weighted by Crippen LogP contribution is -2.45. The van der Waals surface area contributed by atoms with Gasteiger partial charge in [0.15, 0.2) is 0 Å². The highest BCUT2D eigenvalue weighted by Gasteiger charge is 2.27. The summed E-state index contributed by atoms with van der Waals surface area (Å²) < 4.78 is 7.03. The van der Waals surface area contributed by atoms with Gasteiger partial charge >= 0.3 is 6.09 Å². The molecule has 0 bridgehead atoms. The third-order valence-electron chi connectivity index (χ3n) is 4.93. The van der Waals surface area contributed by atoms with Crippen LogP contribution in [0.2, 0.25) is 0 Å². The lowest BCUT2D eigenvalue weighted by Gasteiger charge is -2.28. The van der Waals surface area contributed by atoms with Gasteiger partial charge in [-0.2, -0.15) is 5.10 Å². The second-order valence-electron chi connectivity index (χ2n) is 8.66. The predicted octanol–water partition coefficient (Wildman–Crippen LogP) is 2.91. The second-order valence-corrected chi connectivity index (χ2v) is 8.66. The molecule has 3 aromatic rings. The van der Waals surface area contributed by atoms with E-state index in [2.05, 4.69) is 31.3 Å². The molecule has 3 aromatic heterocycles. The van der Waals surface area contributed by atoms with Crippen LogP contribution in [0.3, 0.4) is 0 Å². The number of aromatic nitrogens is 5. The number of nitrogens with one attached hydrogen (secondary N) is 1. The van der Waals surface area contributed by atoms with Crippen LogP contribution >= 0.6 is 0 Å². The maximum atomic E-state index is 12.8. The fourth-order valence-corrected chi connectivity index (χ4v) is 3.19. The van der Waals surface area contributed by atoms with E-state index in [1.54, 1.807) is 44.5 Å². The van der Waals surface area contributed by atoms with Crippen molar-refractivity contribution < 1.29 is 14.3 Å². The topological polar surface area (TPSA) is 115 Å². The van der Waals surface area contributed by atoms with Gasteiger partial charge in [0.25, 0.3) is 0 Å². The molecule has 0 spiro atoms. The Hall–Kier alpha value is -4.00. The van der Waals surface area contributed by atoms with Crippen molar-refractivity contribution in [2.45, 2.75) is 46.3 Å². The van der Waals surface area contributed by atoms with E-state index in [9.17, 15) is 9.59 Å². The lowest BCUT2D eigenvalue weighted by molar-refractivity contribution is -0.120. The van der Waals surface area contributed by atoms with Crippen molar-refractivity contribution in [1.82, 2.24) is 29.6 Å². The van der Waals surface area contributed by atoms with Crippen LogP contribution in [0.5, 0.6) is 0 Å². The fourth-order valence-electron chi connectivity index (χ4n) is 3.19. The van der Waals surface area contributed by atoms with Crippen molar-refractivity contribution in [1.29, 1.82) is 0 Å². The molecule has 1 N–H and O–H groups in total. The van der Waals surface area contributed by atoms with E-state index in [0.29, 0.717) is 17.0 Å². The maximum absolute atomic E-state index is 12.8. The number of hydrogen-bond acceptors (Lipinski definition) is 7. The van der Waals surface area contributed by atoms with E-state index in [0.717, 1.165) is 16.7 Å². The molecule has 3 heterocycles. The molecule has 2 amide bonds. The monoisotopic (exact) mass is 449 g/mol. The van der Waals surface area contributed by atoms with Gasteiger partial charge in [-0.05, 0) is 46.8 Å². The van der Waals surface area contributed by atoms with Crippen LogP contribution < -0.4 is 5.32 Å². The molecule has 1 atom stereocenters. The van der Waals surface area contributed by atoms with Gasteiger partial charge in [-0.1, -0.05) is 5.92 Å². The Morgan fingerprint density at radius 1 is 1.27 bits per heavy atom. The Balaban J connectivity index is 1.92. The van der Waals surface area contributed by atoms with Crippen molar-refractivity contribution in [3.63, 3.8) is 0 Å². The lowest BCUT2D eigenvalue weighted by atomic mass is 10.1. The summed E-state index contributed by atoms with van der Waals surface area (Å²) >= 11 is 0. The van der Waals surface area contributed by atoms with Crippen LogP contribution in [0.25, 0.3) is 22.3 Å². The number of pyridine rings is 1. The van der Waals surface area contributed by atoms with Crippen LogP contribution in [0.4, 0.5) is 10.6 Å². The van der Waals surface area contributed by atoms with Gasteiger partial charge in [0.05, 0.1) is 11.4 Å². The van der Waals surface area contributed by atoms with Gasteiger partial charge in [0.1, 0.15) is 40.5 Å². The van der Waals surface area contributed by atoms with E-state index in [4.69, 9.17) is 11.2 Å². The number of ether oxygens (including phenoxy) is 1. The molecule has 10 nitrogen and oxygen atoms in total. The Morgan fingerprint density at radius 3 is 2.61 bits per heavy atom. The van der Waals surface area contributed by atoms with E-state index in [1.165, 1.54) is 18.3 Å². The summed E-state index contributed by atoms with van der Waals surface area (Å²) in [6, 6.07) is 2.56. The third-order valence-corrected chi connectivity index (χ3v) is 4.93. The number of amides is 2. The molecule has 0 aromatic carbocycles. The summed E-state index contributed by atoms with van der Waals surface area (Å²) in [6.45, 7) is 8.74. The number of carbonyl (C=O) groups excluding carboxylic acids is 2. The molecule has 0 fully saturated rings. The summed E-state index contributed by atoms with van der Waals surface area (Å²) in [4.78, 5) is 39.4. The van der Waals surface area contributed by atoms with Crippen molar-refractivity contribution in [2.75, 3.05) is 12.4 Å². The fraction of sp³-hybridized carbons (Fsp3) is 0.391. The van der Waals surface area contributed by atoms with Gasteiger partial charge in [0, 0.05) is 19.7 Å². The minimum Gasteiger partial charge on any atom is -0.444 e. The number of aryl methyl sites for hydroxylation is 2. The summed E-state index contributed by atoms with van der Waals surface area (Å²) in [5.74, 6) is 2.29. The zero-order chi connectivity index (χ0) is 24.5. The molecule has 0 saturated heterocycles. The normalized spacial score (nSPS) is 12.2. The predicted molar refractivity (Wildman–Crippen MR) is 124 cm³/mol. The molecular formula is C23H27N7O3. The van der Waals surface area contributed by atoms with E-state index in [-0.39, 0.29) is 5.82 Å². The molecule has 10 heteroatoms. The molecule has 0 aliphatic heterocycles. The van der Waals surface area contributed by atoms with Gasteiger partial charge in [-0.3, -0.25) is 14.4 Å². The largest absolute Gasteiger partial charge is 0.444 e. The number of terminal acetylenes is 1. The molecule has 172 valence electrons. The molecule has 3 rings (SSSR count). The van der Waals surface area contributed by atoms with E-state index < -0.39 is 23.6 Å². The Labute approximate surface area is 192 Å². The highest BCUT2D eigenvalue weighted by molar-refractivity contribution is 5.97. The van der Waals surface area contributed by atoms with Crippen LogP contribution in [0.15, 0.2) is 18.5 Å². The van der Waals surface area contributed by atoms with E-state index >= 15 is 0 Å². The molecular weight excluding hydrogens is 422 g/mol. The summed E-state index contributed by atoms with van der Waals surface area (Å²) in [5.41, 5.74) is 3.13. The van der Waals surface area contributed by atoms with Crippen LogP contribution in [0.1, 0.15) is 39.1 Å². The first kappa shape index (κ1) is 23.7. The number of likely N-dealkylation sites (N-methyl/N-ethyl adjacent to an activating group) is 1. The van der Waals surface area contributed by atoms with Crippen molar-refractivity contribution >= 4 is 28.9 Å². The van der Waals surface area contributed by atoms with Crippen molar-refractivity contribution in [3.8, 4) is 23.6 Å².